The Labute approximate surface area is 138 Å². The molecule has 0 aliphatic carbocycles. The lowest BCUT2D eigenvalue weighted by Crippen LogP contribution is -2.37. The van der Waals surface area contributed by atoms with Gasteiger partial charge in [0.25, 0.3) is 5.69 Å². The Kier molecular flexibility index (Phi) is 4.62. The van der Waals surface area contributed by atoms with Crippen LogP contribution in [0.25, 0.3) is 0 Å². The Bertz CT molecular complexity index is 731. The molecule has 0 radical (unpaired) electrons. The van der Waals surface area contributed by atoms with Crippen LogP contribution < -0.4 is 0 Å². The summed E-state index contributed by atoms with van der Waals surface area (Å²) in [4.78, 5) is 25.3. The molecule has 118 valence electrons. The molecule has 1 heterocycles. The van der Waals surface area contributed by atoms with Crippen molar-refractivity contribution in [2.75, 3.05) is 12.3 Å². The lowest BCUT2D eigenvalue weighted by Gasteiger charge is -2.28. The van der Waals surface area contributed by atoms with Crippen molar-refractivity contribution in [2.45, 2.75) is 17.9 Å². The van der Waals surface area contributed by atoms with E-state index in [0.717, 1.165) is 17.9 Å². The lowest BCUT2D eigenvalue weighted by molar-refractivity contribution is -0.384. The summed E-state index contributed by atoms with van der Waals surface area (Å²) in [6, 6.07) is 14.5. The molecule has 0 spiro atoms. The van der Waals surface area contributed by atoms with Crippen LogP contribution in [0.15, 0.2) is 53.4 Å². The molecule has 0 atom stereocenters. The number of hydrogen-bond donors (Lipinski definition) is 0. The van der Waals surface area contributed by atoms with E-state index < -0.39 is 4.92 Å². The zero-order chi connectivity index (χ0) is 16.2. The summed E-state index contributed by atoms with van der Waals surface area (Å²) in [6.45, 7) is 1.41. The number of non-ortho nitro benzene ring substituents is 1. The standard InChI is InChI=1S/C17H16N2O3S/c20-17(12-23-16-7-5-15(6-8-16)19(21)22)18-10-9-13-3-1-2-4-14(13)11-18/h1-8H,9-12H2. The van der Waals surface area contributed by atoms with Crippen LogP contribution in [0.1, 0.15) is 11.1 Å². The molecule has 2 aromatic rings. The molecule has 0 unspecified atom stereocenters. The van der Waals surface area contributed by atoms with Gasteiger partial charge in [-0.05, 0) is 29.7 Å². The zero-order valence-corrected chi connectivity index (χ0v) is 13.3. The van der Waals surface area contributed by atoms with Gasteiger partial charge in [0, 0.05) is 30.1 Å². The highest BCUT2D eigenvalue weighted by molar-refractivity contribution is 8.00. The number of nitro groups is 1. The molecule has 2 aromatic carbocycles. The summed E-state index contributed by atoms with van der Waals surface area (Å²) in [5.41, 5.74) is 2.60. The minimum absolute atomic E-state index is 0.0633. The molecular formula is C17H16N2O3S. The van der Waals surface area contributed by atoms with Gasteiger partial charge in [-0.25, -0.2) is 0 Å². The van der Waals surface area contributed by atoms with Crippen LogP contribution in [0.5, 0.6) is 0 Å². The molecule has 1 amide bonds. The van der Waals surface area contributed by atoms with Gasteiger partial charge < -0.3 is 4.90 Å². The summed E-state index contributed by atoms with van der Waals surface area (Å²) in [6.07, 6.45) is 0.893. The number of benzene rings is 2. The number of nitro benzene ring substituents is 1. The number of fused-ring (bicyclic) bond motifs is 1. The third-order valence-electron chi connectivity index (χ3n) is 3.89. The van der Waals surface area contributed by atoms with Crippen LogP contribution in [-0.4, -0.2) is 28.0 Å². The number of nitrogens with zero attached hydrogens (tertiary/aromatic N) is 2. The van der Waals surface area contributed by atoms with Crippen molar-refractivity contribution < 1.29 is 9.72 Å². The predicted molar refractivity (Wildman–Crippen MR) is 89.4 cm³/mol. The highest BCUT2D eigenvalue weighted by Crippen LogP contribution is 2.23. The van der Waals surface area contributed by atoms with Crippen molar-refractivity contribution in [2.24, 2.45) is 0 Å². The number of hydrogen-bond acceptors (Lipinski definition) is 4. The van der Waals surface area contributed by atoms with E-state index in [1.165, 1.54) is 35.0 Å². The number of rotatable bonds is 4. The largest absolute Gasteiger partial charge is 0.337 e. The van der Waals surface area contributed by atoms with Gasteiger partial charge >= 0.3 is 0 Å². The first-order valence-corrected chi connectivity index (χ1v) is 8.34. The first-order valence-electron chi connectivity index (χ1n) is 7.35. The minimum Gasteiger partial charge on any atom is -0.337 e. The highest BCUT2D eigenvalue weighted by Gasteiger charge is 2.20. The second-order valence-electron chi connectivity index (χ2n) is 5.37. The fraction of sp³-hybridized carbons (Fsp3) is 0.235. The molecule has 0 aromatic heterocycles. The molecule has 3 rings (SSSR count). The summed E-state index contributed by atoms with van der Waals surface area (Å²) in [5.74, 6) is 0.447. The Hall–Kier alpha value is -2.34. The lowest BCUT2D eigenvalue weighted by atomic mass is 10.00. The van der Waals surface area contributed by atoms with Crippen molar-refractivity contribution in [1.82, 2.24) is 4.90 Å². The quantitative estimate of drug-likeness (QED) is 0.491. The summed E-state index contributed by atoms with van der Waals surface area (Å²) >= 11 is 1.41. The van der Waals surface area contributed by atoms with Crippen molar-refractivity contribution >= 4 is 23.4 Å². The molecule has 0 fully saturated rings. The van der Waals surface area contributed by atoms with Crippen LogP contribution >= 0.6 is 11.8 Å². The van der Waals surface area contributed by atoms with Crippen LogP contribution in [0.3, 0.4) is 0 Å². The van der Waals surface area contributed by atoms with Crippen LogP contribution in [0.4, 0.5) is 5.69 Å². The molecule has 0 N–H and O–H groups in total. The third-order valence-corrected chi connectivity index (χ3v) is 4.89. The molecule has 0 saturated carbocycles. The maximum atomic E-state index is 12.4. The molecule has 23 heavy (non-hydrogen) atoms. The van der Waals surface area contributed by atoms with Gasteiger partial charge in [-0.2, -0.15) is 0 Å². The SMILES string of the molecule is O=C(CSc1ccc([N+](=O)[O-])cc1)N1CCc2ccccc2C1. The molecule has 1 aliphatic rings. The van der Waals surface area contributed by atoms with Gasteiger partial charge in [0.2, 0.25) is 5.91 Å². The topological polar surface area (TPSA) is 63.4 Å². The maximum Gasteiger partial charge on any atom is 0.269 e. The second-order valence-corrected chi connectivity index (χ2v) is 6.42. The Balaban J connectivity index is 1.57. The van der Waals surface area contributed by atoms with Crippen LogP contribution in [0.2, 0.25) is 0 Å². The van der Waals surface area contributed by atoms with Gasteiger partial charge in [-0.15, -0.1) is 11.8 Å². The van der Waals surface area contributed by atoms with E-state index in [1.54, 1.807) is 12.1 Å². The Morgan fingerprint density at radius 3 is 2.52 bits per heavy atom. The first kappa shape index (κ1) is 15.6. The minimum atomic E-state index is -0.426. The maximum absolute atomic E-state index is 12.4. The number of carbonyl (C=O) groups excluding carboxylic acids is 1. The number of amides is 1. The summed E-state index contributed by atoms with van der Waals surface area (Å²) in [5, 5.41) is 10.6. The Morgan fingerprint density at radius 1 is 1.13 bits per heavy atom. The zero-order valence-electron chi connectivity index (χ0n) is 12.5. The summed E-state index contributed by atoms with van der Waals surface area (Å²) in [7, 11) is 0. The first-order chi connectivity index (χ1) is 11.1. The normalized spacial score (nSPS) is 13.5. The third kappa shape index (κ3) is 3.71. The fourth-order valence-electron chi connectivity index (χ4n) is 2.61. The van der Waals surface area contributed by atoms with Crippen molar-refractivity contribution in [3.8, 4) is 0 Å². The van der Waals surface area contributed by atoms with E-state index in [0.29, 0.717) is 12.3 Å². The highest BCUT2D eigenvalue weighted by atomic mass is 32.2. The van der Waals surface area contributed by atoms with E-state index in [4.69, 9.17) is 0 Å². The monoisotopic (exact) mass is 328 g/mol. The van der Waals surface area contributed by atoms with Gasteiger partial charge in [0.15, 0.2) is 0 Å². The summed E-state index contributed by atoms with van der Waals surface area (Å²) < 4.78 is 0. The average Bonchev–Trinajstić information content (AvgIpc) is 2.59. The molecule has 5 nitrogen and oxygen atoms in total. The van der Waals surface area contributed by atoms with Crippen LogP contribution in [-0.2, 0) is 17.8 Å². The van der Waals surface area contributed by atoms with E-state index in [-0.39, 0.29) is 11.6 Å². The average molecular weight is 328 g/mol. The van der Waals surface area contributed by atoms with E-state index in [2.05, 4.69) is 12.1 Å². The Morgan fingerprint density at radius 2 is 1.83 bits per heavy atom. The van der Waals surface area contributed by atoms with E-state index in [1.807, 2.05) is 17.0 Å². The number of carbonyl (C=O) groups is 1. The predicted octanol–water partition coefficient (Wildman–Crippen LogP) is 3.27. The van der Waals surface area contributed by atoms with Crippen molar-refractivity contribution in [3.05, 3.63) is 69.8 Å². The molecule has 6 heteroatoms. The van der Waals surface area contributed by atoms with Gasteiger partial charge in [0.05, 0.1) is 10.7 Å². The van der Waals surface area contributed by atoms with Crippen molar-refractivity contribution in [1.29, 1.82) is 0 Å². The smallest absolute Gasteiger partial charge is 0.269 e. The molecule has 1 aliphatic heterocycles. The van der Waals surface area contributed by atoms with Gasteiger partial charge in [-0.1, -0.05) is 24.3 Å². The van der Waals surface area contributed by atoms with Crippen LogP contribution in [0, 0.1) is 10.1 Å². The van der Waals surface area contributed by atoms with Gasteiger partial charge in [0.1, 0.15) is 0 Å². The van der Waals surface area contributed by atoms with E-state index >= 15 is 0 Å². The number of thioether (sulfide) groups is 1. The van der Waals surface area contributed by atoms with E-state index in [9.17, 15) is 14.9 Å². The van der Waals surface area contributed by atoms with Crippen molar-refractivity contribution in [3.63, 3.8) is 0 Å². The molecular weight excluding hydrogens is 312 g/mol. The molecule has 0 saturated heterocycles. The second kappa shape index (κ2) is 6.83. The van der Waals surface area contributed by atoms with Gasteiger partial charge in [-0.3, -0.25) is 14.9 Å². The fourth-order valence-corrected chi connectivity index (χ4v) is 3.41. The molecule has 0 bridgehead atoms.